The van der Waals surface area contributed by atoms with E-state index in [-0.39, 0.29) is 11.5 Å². The van der Waals surface area contributed by atoms with Gasteiger partial charge in [0.1, 0.15) is 5.82 Å². The first-order chi connectivity index (χ1) is 7.88. The fourth-order valence-corrected chi connectivity index (χ4v) is 1.47. The Bertz CT molecular complexity index is 523. The third-order valence-corrected chi connectivity index (χ3v) is 3.04. The quantitative estimate of drug-likeness (QED) is 0.834. The first-order valence-corrected chi connectivity index (χ1v) is 5.73. The topological polar surface area (TPSA) is 68.2 Å². The van der Waals surface area contributed by atoms with Gasteiger partial charge >= 0.3 is 0 Å². The minimum Gasteiger partial charge on any atom is -0.382 e. The summed E-state index contributed by atoms with van der Waals surface area (Å²) in [7, 11) is 0. The molecule has 1 unspecified atom stereocenters. The standard InChI is InChI=1S/C12H19N5/c1-8(12(2,3)4)15-10-11-14-5-6-17(11)7-9(13)16-10/h5-8H,13H2,1-4H3,(H,15,16). The molecule has 0 spiro atoms. The Hall–Kier alpha value is -1.78. The number of nitrogens with one attached hydrogen (secondary N) is 1. The SMILES string of the molecule is CC(Nc1nc(N)cn2ccnc12)C(C)(C)C. The lowest BCUT2D eigenvalue weighted by Gasteiger charge is -2.28. The van der Waals surface area contributed by atoms with Gasteiger partial charge in [0.25, 0.3) is 0 Å². The molecule has 0 bridgehead atoms. The maximum absolute atomic E-state index is 5.77. The summed E-state index contributed by atoms with van der Waals surface area (Å²) in [4.78, 5) is 8.59. The largest absolute Gasteiger partial charge is 0.382 e. The van der Waals surface area contributed by atoms with Crippen LogP contribution in [0, 0.1) is 5.41 Å². The van der Waals surface area contributed by atoms with Crippen LogP contribution in [0.2, 0.25) is 0 Å². The molecule has 5 heteroatoms. The number of hydrogen-bond acceptors (Lipinski definition) is 4. The monoisotopic (exact) mass is 233 g/mol. The average molecular weight is 233 g/mol. The van der Waals surface area contributed by atoms with Crippen LogP contribution in [0.15, 0.2) is 18.6 Å². The molecule has 0 amide bonds. The minimum atomic E-state index is 0.149. The third kappa shape index (κ3) is 2.33. The predicted molar refractivity (Wildman–Crippen MR) is 69.9 cm³/mol. The van der Waals surface area contributed by atoms with Crippen molar-refractivity contribution in [2.24, 2.45) is 5.41 Å². The first-order valence-electron chi connectivity index (χ1n) is 5.73. The molecule has 0 aromatic carbocycles. The van der Waals surface area contributed by atoms with Crippen molar-refractivity contribution in [1.82, 2.24) is 14.4 Å². The van der Waals surface area contributed by atoms with Gasteiger partial charge in [0, 0.05) is 18.4 Å². The Kier molecular flexibility index (Phi) is 2.69. The Balaban J connectivity index is 2.38. The third-order valence-electron chi connectivity index (χ3n) is 3.04. The van der Waals surface area contributed by atoms with Gasteiger partial charge in [0.15, 0.2) is 11.5 Å². The van der Waals surface area contributed by atoms with E-state index in [9.17, 15) is 0 Å². The summed E-state index contributed by atoms with van der Waals surface area (Å²) in [5, 5.41) is 3.38. The lowest BCUT2D eigenvalue weighted by Crippen LogP contribution is -2.31. The van der Waals surface area contributed by atoms with E-state index < -0.39 is 0 Å². The van der Waals surface area contributed by atoms with Crippen molar-refractivity contribution in [2.45, 2.75) is 33.7 Å². The molecule has 17 heavy (non-hydrogen) atoms. The van der Waals surface area contributed by atoms with Crippen LogP contribution < -0.4 is 11.1 Å². The summed E-state index contributed by atoms with van der Waals surface area (Å²) < 4.78 is 1.88. The highest BCUT2D eigenvalue weighted by Crippen LogP contribution is 2.24. The lowest BCUT2D eigenvalue weighted by atomic mass is 9.88. The molecule has 2 aromatic heterocycles. The number of nitrogens with zero attached hydrogens (tertiary/aromatic N) is 3. The van der Waals surface area contributed by atoms with Gasteiger partial charge in [-0.2, -0.15) is 0 Å². The van der Waals surface area contributed by atoms with Gasteiger partial charge in [-0.05, 0) is 12.3 Å². The molecule has 0 radical (unpaired) electrons. The summed E-state index contributed by atoms with van der Waals surface area (Å²) in [5.41, 5.74) is 6.72. The van der Waals surface area contributed by atoms with E-state index in [0.29, 0.717) is 5.82 Å². The van der Waals surface area contributed by atoms with Crippen LogP contribution in [0.1, 0.15) is 27.7 Å². The first kappa shape index (κ1) is 11.7. The second-order valence-corrected chi connectivity index (χ2v) is 5.40. The van der Waals surface area contributed by atoms with Gasteiger partial charge in [-0.3, -0.25) is 0 Å². The van der Waals surface area contributed by atoms with Crippen LogP contribution in [0.25, 0.3) is 5.65 Å². The van der Waals surface area contributed by atoms with E-state index in [0.717, 1.165) is 11.5 Å². The molecule has 1 atom stereocenters. The Labute approximate surface area is 101 Å². The highest BCUT2D eigenvalue weighted by Gasteiger charge is 2.21. The molecule has 0 fully saturated rings. The zero-order valence-corrected chi connectivity index (χ0v) is 10.7. The molecule has 0 saturated carbocycles. The molecule has 0 saturated heterocycles. The Morgan fingerprint density at radius 2 is 2.12 bits per heavy atom. The van der Waals surface area contributed by atoms with Crippen molar-refractivity contribution in [3.8, 4) is 0 Å². The van der Waals surface area contributed by atoms with Crippen LogP contribution in [-0.4, -0.2) is 20.4 Å². The molecule has 2 aromatic rings. The molecular formula is C12H19N5. The number of anilines is 2. The van der Waals surface area contributed by atoms with Gasteiger partial charge in [0.05, 0.1) is 6.20 Å². The second kappa shape index (κ2) is 3.91. The molecule has 3 N–H and O–H groups in total. The smallest absolute Gasteiger partial charge is 0.180 e. The van der Waals surface area contributed by atoms with Gasteiger partial charge in [-0.25, -0.2) is 9.97 Å². The van der Waals surface area contributed by atoms with Gasteiger partial charge in [-0.1, -0.05) is 20.8 Å². The van der Waals surface area contributed by atoms with Crippen LogP contribution >= 0.6 is 0 Å². The summed E-state index contributed by atoms with van der Waals surface area (Å²) in [6, 6.07) is 0.275. The maximum atomic E-state index is 5.77. The summed E-state index contributed by atoms with van der Waals surface area (Å²) in [6.45, 7) is 8.67. The zero-order chi connectivity index (χ0) is 12.6. The van der Waals surface area contributed by atoms with E-state index in [1.165, 1.54) is 0 Å². The van der Waals surface area contributed by atoms with Crippen LogP contribution in [0.3, 0.4) is 0 Å². The van der Waals surface area contributed by atoms with Crippen molar-refractivity contribution < 1.29 is 0 Å². The molecular weight excluding hydrogens is 214 g/mol. The molecule has 0 aliphatic rings. The number of imidazole rings is 1. The van der Waals surface area contributed by atoms with Crippen molar-refractivity contribution in [3.05, 3.63) is 18.6 Å². The van der Waals surface area contributed by atoms with Crippen LogP contribution in [0.5, 0.6) is 0 Å². The van der Waals surface area contributed by atoms with Crippen molar-refractivity contribution >= 4 is 17.3 Å². The summed E-state index contributed by atoms with van der Waals surface area (Å²) in [6.07, 6.45) is 5.36. The van der Waals surface area contributed by atoms with Crippen molar-refractivity contribution in [1.29, 1.82) is 0 Å². The zero-order valence-electron chi connectivity index (χ0n) is 10.7. The molecule has 0 aliphatic carbocycles. The molecule has 0 aliphatic heterocycles. The lowest BCUT2D eigenvalue weighted by molar-refractivity contribution is 0.359. The van der Waals surface area contributed by atoms with Crippen molar-refractivity contribution in [3.63, 3.8) is 0 Å². The number of fused-ring (bicyclic) bond motifs is 1. The van der Waals surface area contributed by atoms with Crippen LogP contribution in [-0.2, 0) is 0 Å². The minimum absolute atomic E-state index is 0.149. The number of nitrogens with two attached hydrogens (primary N) is 1. The van der Waals surface area contributed by atoms with E-state index in [1.54, 1.807) is 12.4 Å². The fourth-order valence-electron chi connectivity index (χ4n) is 1.47. The van der Waals surface area contributed by atoms with Gasteiger partial charge < -0.3 is 15.5 Å². The van der Waals surface area contributed by atoms with E-state index in [2.05, 4.69) is 43.0 Å². The summed E-state index contributed by atoms with van der Waals surface area (Å²) >= 11 is 0. The highest BCUT2D eigenvalue weighted by molar-refractivity contribution is 5.65. The highest BCUT2D eigenvalue weighted by atomic mass is 15.1. The van der Waals surface area contributed by atoms with Crippen molar-refractivity contribution in [2.75, 3.05) is 11.1 Å². The molecule has 92 valence electrons. The summed E-state index contributed by atoms with van der Waals surface area (Å²) in [5.74, 6) is 1.22. The Morgan fingerprint density at radius 1 is 1.41 bits per heavy atom. The van der Waals surface area contributed by atoms with Crippen LogP contribution in [0.4, 0.5) is 11.6 Å². The fraction of sp³-hybridized carbons (Fsp3) is 0.500. The van der Waals surface area contributed by atoms with E-state index in [4.69, 9.17) is 5.73 Å². The molecule has 5 nitrogen and oxygen atoms in total. The molecule has 2 rings (SSSR count). The average Bonchev–Trinajstić information content (AvgIpc) is 2.63. The second-order valence-electron chi connectivity index (χ2n) is 5.40. The predicted octanol–water partition coefficient (Wildman–Crippen LogP) is 2.16. The maximum Gasteiger partial charge on any atom is 0.180 e. The van der Waals surface area contributed by atoms with Gasteiger partial charge in [0.2, 0.25) is 0 Å². The Morgan fingerprint density at radius 3 is 2.76 bits per heavy atom. The number of hydrogen-bond donors (Lipinski definition) is 2. The van der Waals surface area contributed by atoms with E-state index in [1.807, 2.05) is 10.6 Å². The van der Waals surface area contributed by atoms with Gasteiger partial charge in [-0.15, -0.1) is 0 Å². The normalized spacial score (nSPS) is 13.9. The number of nitrogen functional groups attached to an aromatic ring is 1. The number of aromatic nitrogens is 3. The van der Waals surface area contributed by atoms with E-state index >= 15 is 0 Å². The number of rotatable bonds is 2. The molecule has 2 heterocycles.